The maximum Gasteiger partial charge on any atom is 0.408 e. The van der Waals surface area contributed by atoms with Crippen LogP contribution in [0.3, 0.4) is 0 Å². The number of aromatic hydroxyl groups is 1. The number of ether oxygens (including phenoxy) is 2. The highest BCUT2D eigenvalue weighted by atomic mass is 16.6. The van der Waals surface area contributed by atoms with Gasteiger partial charge < -0.3 is 41.0 Å². The molecule has 0 saturated heterocycles. The number of phenolic OH excluding ortho intramolecular Hbond substituents is 1. The standard InChI is InChI=1S/C25H38N4O9/c1-6-37-20(33)9-10-27-22(34)21(16-7-8-18(31)15(2)13-16)29(11-12-30)23(35)17(14-19(26)32)28-24(36)38-25(3,4)5/h7-8,13,17,21,30-31H,6,9-12,14H2,1-5H3,(H2,26,32)(H,27,34)(H,28,36). The molecule has 0 heterocycles. The summed E-state index contributed by atoms with van der Waals surface area (Å²) in [7, 11) is 0. The van der Waals surface area contributed by atoms with E-state index in [1.54, 1.807) is 34.6 Å². The minimum Gasteiger partial charge on any atom is -0.508 e. The number of benzene rings is 1. The molecule has 0 radical (unpaired) electrons. The van der Waals surface area contributed by atoms with E-state index >= 15 is 0 Å². The van der Waals surface area contributed by atoms with Gasteiger partial charge >= 0.3 is 12.1 Å². The Hall–Kier alpha value is -3.87. The number of carbonyl (C=O) groups excluding carboxylic acids is 5. The summed E-state index contributed by atoms with van der Waals surface area (Å²) in [6.07, 6.45) is -1.72. The second-order valence-electron chi connectivity index (χ2n) is 9.42. The number of alkyl carbamates (subject to hydrolysis) is 1. The predicted molar refractivity (Wildman–Crippen MR) is 136 cm³/mol. The van der Waals surface area contributed by atoms with Gasteiger partial charge in [0.1, 0.15) is 23.4 Å². The predicted octanol–water partition coefficient (Wildman–Crippen LogP) is 0.401. The van der Waals surface area contributed by atoms with Crippen molar-refractivity contribution in [1.29, 1.82) is 0 Å². The number of phenols is 1. The van der Waals surface area contributed by atoms with Gasteiger partial charge in [0.05, 0.1) is 26.1 Å². The molecule has 2 atom stereocenters. The number of aryl methyl sites for hydroxylation is 1. The monoisotopic (exact) mass is 538 g/mol. The van der Waals surface area contributed by atoms with Gasteiger partial charge in [-0.05, 0) is 57.9 Å². The van der Waals surface area contributed by atoms with E-state index < -0.39 is 60.5 Å². The van der Waals surface area contributed by atoms with Crippen LogP contribution in [0.1, 0.15) is 57.7 Å². The minimum atomic E-state index is -1.51. The van der Waals surface area contributed by atoms with E-state index in [0.717, 1.165) is 4.90 Å². The summed E-state index contributed by atoms with van der Waals surface area (Å²) >= 11 is 0. The van der Waals surface area contributed by atoms with Crippen molar-refractivity contribution in [3.8, 4) is 5.75 Å². The lowest BCUT2D eigenvalue weighted by Crippen LogP contribution is -2.54. The number of aliphatic hydroxyl groups is 1. The summed E-state index contributed by atoms with van der Waals surface area (Å²) in [5.41, 5.74) is 5.08. The molecule has 1 aromatic carbocycles. The molecule has 13 heteroatoms. The fourth-order valence-electron chi connectivity index (χ4n) is 3.46. The zero-order valence-electron chi connectivity index (χ0n) is 22.4. The number of rotatable bonds is 13. The summed E-state index contributed by atoms with van der Waals surface area (Å²) < 4.78 is 10.0. The van der Waals surface area contributed by atoms with Gasteiger partial charge in [0.25, 0.3) is 0 Å². The zero-order valence-corrected chi connectivity index (χ0v) is 22.4. The van der Waals surface area contributed by atoms with Crippen molar-refractivity contribution >= 4 is 29.8 Å². The van der Waals surface area contributed by atoms with Gasteiger partial charge in [0.2, 0.25) is 17.7 Å². The first-order valence-corrected chi connectivity index (χ1v) is 12.1. The fourth-order valence-corrected chi connectivity index (χ4v) is 3.46. The first kappa shape index (κ1) is 32.2. The Morgan fingerprint density at radius 3 is 2.34 bits per heavy atom. The van der Waals surface area contributed by atoms with Crippen molar-refractivity contribution in [2.45, 2.75) is 65.1 Å². The Morgan fingerprint density at radius 2 is 1.82 bits per heavy atom. The van der Waals surface area contributed by atoms with Crippen LogP contribution in [0.25, 0.3) is 0 Å². The molecule has 0 bridgehead atoms. The van der Waals surface area contributed by atoms with Crippen molar-refractivity contribution in [3.63, 3.8) is 0 Å². The topological polar surface area (TPSA) is 198 Å². The summed E-state index contributed by atoms with van der Waals surface area (Å²) in [5, 5.41) is 24.6. The zero-order chi connectivity index (χ0) is 29.0. The number of amides is 4. The third kappa shape index (κ3) is 10.6. The largest absolute Gasteiger partial charge is 0.508 e. The highest BCUT2D eigenvalue weighted by molar-refractivity contribution is 5.94. The van der Waals surface area contributed by atoms with Gasteiger partial charge in [0, 0.05) is 13.1 Å². The molecule has 0 aliphatic carbocycles. The summed E-state index contributed by atoms with van der Waals surface area (Å²) in [5.74, 6) is -3.08. The number of esters is 1. The molecule has 0 aliphatic rings. The molecule has 212 valence electrons. The molecule has 6 N–H and O–H groups in total. The lowest BCUT2D eigenvalue weighted by Gasteiger charge is -2.34. The number of nitrogens with zero attached hydrogens (tertiary/aromatic N) is 1. The summed E-state index contributed by atoms with van der Waals surface area (Å²) in [4.78, 5) is 63.8. The van der Waals surface area contributed by atoms with Crippen LogP contribution in [0.15, 0.2) is 18.2 Å². The van der Waals surface area contributed by atoms with E-state index in [1.807, 2.05) is 0 Å². The molecule has 1 aromatic rings. The van der Waals surface area contributed by atoms with Gasteiger partial charge in [0.15, 0.2) is 0 Å². The van der Waals surface area contributed by atoms with Crippen LogP contribution in [0.5, 0.6) is 5.75 Å². The first-order chi connectivity index (χ1) is 17.7. The molecule has 2 unspecified atom stereocenters. The Labute approximate surface area is 221 Å². The van der Waals surface area contributed by atoms with Gasteiger partial charge in [-0.1, -0.05) is 6.07 Å². The maximum atomic E-state index is 13.6. The number of primary amides is 1. The number of carbonyl (C=O) groups is 5. The van der Waals surface area contributed by atoms with Crippen molar-refractivity contribution in [2.75, 3.05) is 26.3 Å². The highest BCUT2D eigenvalue weighted by Crippen LogP contribution is 2.27. The van der Waals surface area contributed by atoms with Crippen molar-refractivity contribution in [3.05, 3.63) is 29.3 Å². The van der Waals surface area contributed by atoms with Crippen LogP contribution in [0.2, 0.25) is 0 Å². The van der Waals surface area contributed by atoms with E-state index in [1.165, 1.54) is 18.2 Å². The van der Waals surface area contributed by atoms with Crippen LogP contribution in [0.4, 0.5) is 4.79 Å². The van der Waals surface area contributed by atoms with Gasteiger partial charge in [-0.3, -0.25) is 19.2 Å². The number of nitrogens with two attached hydrogens (primary N) is 1. The molecule has 0 saturated carbocycles. The average molecular weight is 539 g/mol. The van der Waals surface area contributed by atoms with Crippen molar-refractivity contribution < 1.29 is 43.7 Å². The Morgan fingerprint density at radius 1 is 1.16 bits per heavy atom. The fraction of sp³-hybridized carbons (Fsp3) is 0.560. The van der Waals surface area contributed by atoms with Crippen molar-refractivity contribution in [1.82, 2.24) is 15.5 Å². The lowest BCUT2D eigenvalue weighted by atomic mass is 9.99. The molecular weight excluding hydrogens is 500 g/mol. The van der Waals surface area contributed by atoms with Crippen LogP contribution in [-0.4, -0.2) is 82.8 Å². The molecule has 0 spiro atoms. The second-order valence-corrected chi connectivity index (χ2v) is 9.42. The summed E-state index contributed by atoms with van der Waals surface area (Å²) in [6.45, 7) is 7.21. The minimum absolute atomic E-state index is 0.0477. The van der Waals surface area contributed by atoms with Crippen LogP contribution in [-0.2, 0) is 28.7 Å². The summed E-state index contributed by atoms with van der Waals surface area (Å²) in [6, 6.07) is 1.35. The third-order valence-corrected chi connectivity index (χ3v) is 5.05. The van der Waals surface area contributed by atoms with E-state index in [9.17, 15) is 34.2 Å². The van der Waals surface area contributed by atoms with E-state index in [-0.39, 0.29) is 37.4 Å². The molecule has 0 aromatic heterocycles. The Kier molecular flexibility index (Phi) is 12.5. The van der Waals surface area contributed by atoms with Gasteiger partial charge in [-0.15, -0.1) is 0 Å². The van der Waals surface area contributed by atoms with E-state index in [4.69, 9.17) is 15.2 Å². The molecule has 1 rings (SSSR count). The second kappa shape index (κ2) is 14.8. The number of hydrogen-bond acceptors (Lipinski definition) is 9. The molecule has 0 fully saturated rings. The number of hydrogen-bond donors (Lipinski definition) is 5. The smallest absolute Gasteiger partial charge is 0.408 e. The highest BCUT2D eigenvalue weighted by Gasteiger charge is 2.37. The third-order valence-electron chi connectivity index (χ3n) is 5.05. The van der Waals surface area contributed by atoms with Crippen LogP contribution >= 0.6 is 0 Å². The molecular formula is C25H38N4O9. The van der Waals surface area contributed by atoms with Crippen LogP contribution in [0, 0.1) is 6.92 Å². The normalized spacial score (nSPS) is 12.6. The van der Waals surface area contributed by atoms with E-state index in [0.29, 0.717) is 5.56 Å². The van der Waals surface area contributed by atoms with Crippen molar-refractivity contribution in [2.24, 2.45) is 5.73 Å². The van der Waals surface area contributed by atoms with Crippen LogP contribution < -0.4 is 16.4 Å². The Bertz CT molecular complexity index is 1010. The quantitative estimate of drug-likeness (QED) is 0.221. The van der Waals surface area contributed by atoms with E-state index in [2.05, 4.69) is 10.6 Å². The average Bonchev–Trinajstić information content (AvgIpc) is 2.78. The van der Waals surface area contributed by atoms with Gasteiger partial charge in [-0.25, -0.2) is 4.79 Å². The SMILES string of the molecule is CCOC(=O)CCNC(=O)C(c1ccc(O)c(C)c1)N(CCO)C(=O)C(CC(N)=O)NC(=O)OC(C)(C)C. The molecule has 0 aliphatic heterocycles. The lowest BCUT2D eigenvalue weighted by molar-refractivity contribution is -0.145. The Balaban J connectivity index is 3.41. The molecule has 4 amide bonds. The first-order valence-electron chi connectivity index (χ1n) is 12.1. The molecule has 13 nitrogen and oxygen atoms in total. The molecule has 38 heavy (non-hydrogen) atoms. The maximum absolute atomic E-state index is 13.6. The number of aliphatic hydroxyl groups excluding tert-OH is 1. The van der Waals surface area contributed by atoms with Gasteiger partial charge in [-0.2, -0.15) is 0 Å². The number of nitrogens with one attached hydrogen (secondary N) is 2.